The second kappa shape index (κ2) is 10.8. The third-order valence-corrected chi connectivity index (χ3v) is 7.04. The molecule has 36 heavy (non-hydrogen) atoms. The maximum atomic E-state index is 14.7. The zero-order chi connectivity index (χ0) is 25.9. The molecule has 9 heteroatoms. The number of rotatable bonds is 6. The van der Waals surface area contributed by atoms with Crippen molar-refractivity contribution in [2.45, 2.75) is 37.8 Å². The van der Waals surface area contributed by atoms with E-state index in [0.717, 1.165) is 18.2 Å². The molecule has 2 aromatic rings. The fourth-order valence-electron chi connectivity index (χ4n) is 4.93. The molecule has 4 rings (SSSR count). The Labute approximate surface area is 209 Å². The molecule has 7 nitrogen and oxygen atoms in total. The van der Waals surface area contributed by atoms with Crippen molar-refractivity contribution in [1.29, 1.82) is 0 Å². The van der Waals surface area contributed by atoms with Crippen molar-refractivity contribution in [2.24, 2.45) is 0 Å². The lowest BCUT2D eigenvalue weighted by molar-refractivity contribution is -0.196. The number of aliphatic hydroxyl groups excluding tert-OH is 1. The maximum Gasteiger partial charge on any atom is 0.324 e. The Bertz CT molecular complexity index is 1140. The Kier molecular flexibility index (Phi) is 7.70. The summed E-state index contributed by atoms with van der Waals surface area (Å²) in [5.74, 6) is -1.48. The lowest BCUT2D eigenvalue weighted by Crippen LogP contribution is -2.55. The van der Waals surface area contributed by atoms with Crippen molar-refractivity contribution in [1.82, 2.24) is 14.9 Å². The van der Waals surface area contributed by atoms with E-state index in [-0.39, 0.29) is 36.6 Å². The lowest BCUT2D eigenvalue weighted by Gasteiger charge is -2.42. The highest BCUT2D eigenvalue weighted by Gasteiger charge is 2.46. The molecule has 1 unspecified atom stereocenters. The summed E-state index contributed by atoms with van der Waals surface area (Å²) in [5, 5.41) is 12.2. The van der Waals surface area contributed by atoms with E-state index in [1.165, 1.54) is 4.90 Å². The quantitative estimate of drug-likeness (QED) is 0.652. The van der Waals surface area contributed by atoms with Gasteiger partial charge in [-0.2, -0.15) is 0 Å². The molecule has 2 aliphatic rings. The van der Waals surface area contributed by atoms with Crippen molar-refractivity contribution in [2.75, 3.05) is 33.3 Å². The average molecular weight is 500 g/mol. The molecule has 1 atom stereocenters. The first-order valence-corrected chi connectivity index (χ1v) is 12.1. The van der Waals surface area contributed by atoms with E-state index in [0.29, 0.717) is 37.1 Å². The monoisotopic (exact) mass is 499 g/mol. The molecule has 2 heterocycles. The van der Waals surface area contributed by atoms with E-state index in [4.69, 9.17) is 4.84 Å². The van der Waals surface area contributed by atoms with Crippen LogP contribution in [-0.4, -0.2) is 71.3 Å². The van der Waals surface area contributed by atoms with Gasteiger partial charge in [-0.25, -0.2) is 13.6 Å². The summed E-state index contributed by atoms with van der Waals surface area (Å²) in [5.41, 5.74) is -0.0824. The summed E-state index contributed by atoms with van der Waals surface area (Å²) in [6.45, 7) is 2.30. The van der Waals surface area contributed by atoms with Gasteiger partial charge in [0.2, 0.25) is 0 Å². The molecule has 0 bridgehead atoms. The number of urea groups is 1. The van der Waals surface area contributed by atoms with Crippen molar-refractivity contribution < 1.29 is 28.3 Å². The highest BCUT2D eigenvalue weighted by molar-refractivity contribution is 5.83. The molecule has 0 radical (unpaired) electrons. The summed E-state index contributed by atoms with van der Waals surface area (Å²) in [7, 11) is 1.70. The third-order valence-electron chi connectivity index (χ3n) is 7.04. The van der Waals surface area contributed by atoms with Crippen LogP contribution in [0.3, 0.4) is 0 Å². The molecule has 0 aliphatic carbocycles. The van der Waals surface area contributed by atoms with E-state index < -0.39 is 23.8 Å². The second-order valence-electron chi connectivity index (χ2n) is 9.20. The van der Waals surface area contributed by atoms with Gasteiger partial charge in [0.25, 0.3) is 0 Å². The van der Waals surface area contributed by atoms with Gasteiger partial charge < -0.3 is 19.7 Å². The first kappa shape index (κ1) is 25.8. The van der Waals surface area contributed by atoms with Gasteiger partial charge in [0.05, 0.1) is 6.61 Å². The van der Waals surface area contributed by atoms with Crippen LogP contribution in [0.2, 0.25) is 0 Å². The minimum Gasteiger partial charge on any atom is -0.393 e. The Balaban J connectivity index is 1.61. The van der Waals surface area contributed by atoms with Gasteiger partial charge in [0.1, 0.15) is 17.2 Å². The normalized spacial score (nSPS) is 20.8. The number of hydroxylamine groups is 2. The van der Waals surface area contributed by atoms with Gasteiger partial charge in [0.15, 0.2) is 0 Å². The molecule has 1 saturated heterocycles. The summed E-state index contributed by atoms with van der Waals surface area (Å²) < 4.78 is 28.7. The zero-order valence-electron chi connectivity index (χ0n) is 20.5. The van der Waals surface area contributed by atoms with Gasteiger partial charge in [-0.3, -0.25) is 4.79 Å². The smallest absolute Gasteiger partial charge is 0.324 e. The number of aliphatic hydroxyl groups is 1. The van der Waals surface area contributed by atoms with Crippen molar-refractivity contribution in [3.05, 3.63) is 77.4 Å². The first-order chi connectivity index (χ1) is 17.3. The predicted molar refractivity (Wildman–Crippen MR) is 130 cm³/mol. The minimum atomic E-state index is -1.24. The lowest BCUT2D eigenvalue weighted by atomic mass is 9.89. The van der Waals surface area contributed by atoms with Crippen LogP contribution in [0, 0.1) is 11.6 Å². The van der Waals surface area contributed by atoms with Crippen molar-refractivity contribution >= 4 is 17.6 Å². The fraction of sp³-hybridized carbons (Fsp3) is 0.407. The molecule has 1 N–H and O–H groups in total. The number of nitrogens with zero attached hydrogens (tertiary/aromatic N) is 3. The Morgan fingerprint density at radius 3 is 2.47 bits per heavy atom. The molecule has 0 spiro atoms. The maximum absolute atomic E-state index is 14.7. The third kappa shape index (κ3) is 4.99. The Morgan fingerprint density at radius 2 is 1.83 bits per heavy atom. The number of amides is 2. The fourth-order valence-corrected chi connectivity index (χ4v) is 4.93. The number of hydrogen-bond donors (Lipinski definition) is 1. The molecule has 1 fully saturated rings. The van der Waals surface area contributed by atoms with Crippen LogP contribution in [0.25, 0.3) is 5.57 Å². The summed E-state index contributed by atoms with van der Waals surface area (Å²) in [4.78, 5) is 33.9. The highest BCUT2D eigenvalue weighted by atomic mass is 19.1. The number of piperidine rings is 1. The van der Waals surface area contributed by atoms with Gasteiger partial charge in [-0.05, 0) is 48.3 Å². The van der Waals surface area contributed by atoms with E-state index >= 15 is 0 Å². The van der Waals surface area contributed by atoms with Gasteiger partial charge in [-0.15, -0.1) is 5.06 Å². The van der Waals surface area contributed by atoms with Gasteiger partial charge in [0, 0.05) is 44.7 Å². The number of benzene rings is 2. The zero-order valence-corrected chi connectivity index (χ0v) is 20.5. The largest absolute Gasteiger partial charge is 0.393 e. The van der Waals surface area contributed by atoms with Crippen LogP contribution in [-0.2, 0) is 15.2 Å². The highest BCUT2D eigenvalue weighted by Crippen LogP contribution is 2.41. The Hall–Kier alpha value is -3.30. The van der Waals surface area contributed by atoms with E-state index in [2.05, 4.69) is 0 Å². The Morgan fingerprint density at radius 1 is 1.14 bits per heavy atom. The van der Waals surface area contributed by atoms with E-state index in [1.807, 2.05) is 6.07 Å². The van der Waals surface area contributed by atoms with Crippen LogP contribution >= 0.6 is 0 Å². The molecular weight excluding hydrogens is 468 g/mol. The van der Waals surface area contributed by atoms with Crippen LogP contribution in [0.5, 0.6) is 0 Å². The second-order valence-corrected chi connectivity index (χ2v) is 9.20. The van der Waals surface area contributed by atoms with Crippen molar-refractivity contribution in [3.8, 4) is 0 Å². The molecule has 0 saturated carbocycles. The van der Waals surface area contributed by atoms with Crippen LogP contribution in [0.1, 0.15) is 37.3 Å². The van der Waals surface area contributed by atoms with E-state index in [1.54, 1.807) is 54.3 Å². The molecule has 2 aromatic carbocycles. The average Bonchev–Trinajstić information content (AvgIpc) is 3.31. The number of hydrogen-bond acceptors (Lipinski definition) is 5. The number of carbonyl (C=O) groups is 2. The van der Waals surface area contributed by atoms with E-state index in [9.17, 15) is 23.5 Å². The topological polar surface area (TPSA) is 73.3 Å². The van der Waals surface area contributed by atoms with Gasteiger partial charge >= 0.3 is 12.0 Å². The molecule has 0 aromatic heterocycles. The van der Waals surface area contributed by atoms with Crippen LogP contribution < -0.4 is 0 Å². The summed E-state index contributed by atoms with van der Waals surface area (Å²) in [6, 6.07) is 11.8. The summed E-state index contributed by atoms with van der Waals surface area (Å²) in [6.07, 6.45) is 3.16. The number of halogens is 2. The van der Waals surface area contributed by atoms with Crippen LogP contribution in [0.4, 0.5) is 13.6 Å². The minimum absolute atomic E-state index is 0.00591. The van der Waals surface area contributed by atoms with Crippen molar-refractivity contribution in [3.63, 3.8) is 0 Å². The standard InChI is InChI=1S/C27H31F2N3O4/c1-3-25(34)36-31-13-11-22(12-14-31)30(2)26(35)32-17-19(23-15-21(28)9-10-24(23)29)16-27(32,18-33)20-7-5-4-6-8-20/h4-10,15-16,22,33H,3,11-14,17-18H2,1-2H3. The van der Waals surface area contributed by atoms with Gasteiger partial charge in [-0.1, -0.05) is 37.3 Å². The molecule has 2 aliphatic heterocycles. The predicted octanol–water partition coefficient (Wildman–Crippen LogP) is 3.94. The molecule has 192 valence electrons. The molecular formula is C27H31F2N3O4. The number of carbonyl (C=O) groups excluding carboxylic acids is 2. The molecule has 2 amide bonds. The first-order valence-electron chi connectivity index (χ1n) is 12.1. The summed E-state index contributed by atoms with van der Waals surface area (Å²) >= 11 is 0. The SMILES string of the molecule is CCC(=O)ON1CCC(N(C)C(=O)N2CC(c3cc(F)ccc3F)=CC2(CO)c2ccccc2)CC1. The van der Waals surface area contributed by atoms with Crippen LogP contribution in [0.15, 0.2) is 54.6 Å².